The van der Waals surface area contributed by atoms with E-state index in [-0.39, 0.29) is 0 Å². The van der Waals surface area contributed by atoms with E-state index in [2.05, 4.69) is 30.9 Å². The van der Waals surface area contributed by atoms with E-state index in [4.69, 9.17) is 9.79 Å². The average molecular weight is 235 g/mol. The number of rotatable bonds is 3. The van der Waals surface area contributed by atoms with Crippen LogP contribution in [-0.4, -0.2) is 18.6 Å². The van der Waals surface area contributed by atoms with Gasteiger partial charge in [-0.05, 0) is 32.6 Å². The molecule has 0 N–H and O–H groups in total. The van der Waals surface area contributed by atoms with Gasteiger partial charge in [0.05, 0.1) is 5.71 Å². The molecule has 86 valence electrons. The number of nitrogens with zero attached hydrogens (tertiary/aromatic N) is 3. The van der Waals surface area contributed by atoms with E-state index >= 15 is 0 Å². The predicted octanol–water partition coefficient (Wildman–Crippen LogP) is 2.47. The highest BCUT2D eigenvalue weighted by Crippen LogP contribution is 2.11. The first-order valence-electron chi connectivity index (χ1n) is 5.13. The van der Waals surface area contributed by atoms with Gasteiger partial charge in [0.25, 0.3) is 8.32 Å². The first kappa shape index (κ1) is 12.5. The first-order chi connectivity index (χ1) is 7.35. The molecule has 0 saturated carbocycles. The SMILES string of the molecule is CC(=NO[Si](C)(C)C)c1ccn(C)c1C#N. The van der Waals surface area contributed by atoms with Gasteiger partial charge in [-0.1, -0.05) is 0 Å². The Bertz CT molecular complexity index is 449. The fourth-order valence-electron chi connectivity index (χ4n) is 1.22. The van der Waals surface area contributed by atoms with Crippen molar-refractivity contribution in [3.63, 3.8) is 0 Å². The fraction of sp³-hybridized carbons (Fsp3) is 0.455. The molecule has 1 heterocycles. The van der Waals surface area contributed by atoms with Crippen LogP contribution in [0.4, 0.5) is 0 Å². The summed E-state index contributed by atoms with van der Waals surface area (Å²) in [6.07, 6.45) is 1.85. The molecule has 16 heavy (non-hydrogen) atoms. The van der Waals surface area contributed by atoms with Crippen molar-refractivity contribution < 1.29 is 4.53 Å². The molecule has 0 aliphatic heterocycles. The summed E-state index contributed by atoms with van der Waals surface area (Å²) in [5.41, 5.74) is 2.20. The van der Waals surface area contributed by atoms with Crippen molar-refractivity contribution in [1.82, 2.24) is 4.57 Å². The Hall–Kier alpha value is -1.54. The zero-order valence-electron chi connectivity index (χ0n) is 10.4. The molecule has 0 aliphatic carbocycles. The van der Waals surface area contributed by atoms with Gasteiger partial charge >= 0.3 is 0 Å². The largest absolute Gasteiger partial charge is 0.455 e. The third-order valence-corrected chi connectivity index (χ3v) is 2.66. The van der Waals surface area contributed by atoms with Crippen LogP contribution in [0.5, 0.6) is 0 Å². The van der Waals surface area contributed by atoms with Gasteiger partial charge in [-0.15, -0.1) is 5.16 Å². The number of nitriles is 1. The summed E-state index contributed by atoms with van der Waals surface area (Å²) in [6.45, 7) is 8.07. The molecule has 0 radical (unpaired) electrons. The normalized spacial score (nSPS) is 12.4. The molecule has 0 aliphatic rings. The number of hydrogen-bond acceptors (Lipinski definition) is 3. The molecule has 0 spiro atoms. The van der Waals surface area contributed by atoms with Gasteiger partial charge in [0.15, 0.2) is 0 Å². The van der Waals surface area contributed by atoms with Gasteiger partial charge < -0.3 is 9.09 Å². The van der Waals surface area contributed by atoms with Crippen LogP contribution >= 0.6 is 0 Å². The minimum absolute atomic E-state index is 0.612. The second-order valence-corrected chi connectivity index (χ2v) is 9.09. The lowest BCUT2D eigenvalue weighted by Crippen LogP contribution is -2.23. The van der Waals surface area contributed by atoms with Crippen molar-refractivity contribution in [2.24, 2.45) is 12.2 Å². The molecule has 4 nitrogen and oxygen atoms in total. The van der Waals surface area contributed by atoms with Crippen molar-refractivity contribution in [1.29, 1.82) is 5.26 Å². The third kappa shape index (κ3) is 2.97. The Kier molecular flexibility index (Phi) is 3.55. The molecule has 1 rings (SSSR count). The van der Waals surface area contributed by atoms with Crippen LogP contribution in [0, 0.1) is 11.3 Å². The van der Waals surface area contributed by atoms with Crippen LogP contribution in [0.1, 0.15) is 18.2 Å². The zero-order valence-corrected chi connectivity index (χ0v) is 11.4. The lowest BCUT2D eigenvalue weighted by molar-refractivity contribution is 0.335. The Morgan fingerprint density at radius 1 is 1.50 bits per heavy atom. The maximum atomic E-state index is 9.01. The van der Waals surface area contributed by atoms with E-state index in [1.54, 1.807) is 4.57 Å². The summed E-state index contributed by atoms with van der Waals surface area (Å²) in [4.78, 5) is 0. The van der Waals surface area contributed by atoms with E-state index < -0.39 is 8.32 Å². The van der Waals surface area contributed by atoms with Gasteiger partial charge in [-0.25, -0.2) is 0 Å². The van der Waals surface area contributed by atoms with Crippen molar-refractivity contribution >= 4 is 14.0 Å². The smallest absolute Gasteiger partial charge is 0.278 e. The minimum atomic E-state index is -1.65. The summed E-state index contributed by atoms with van der Waals surface area (Å²) in [7, 11) is 0.191. The highest BCUT2D eigenvalue weighted by atomic mass is 28.4. The standard InChI is InChI=1S/C11H17N3OSi/c1-9(13-15-16(3,4)5)10-6-7-14(2)11(10)8-12/h6-7H,1-5H3. The topological polar surface area (TPSA) is 50.3 Å². The lowest BCUT2D eigenvalue weighted by Gasteiger charge is -2.13. The highest BCUT2D eigenvalue weighted by Gasteiger charge is 2.17. The molecule has 0 unspecified atom stereocenters. The zero-order chi connectivity index (χ0) is 12.3. The van der Waals surface area contributed by atoms with Crippen LogP contribution in [0.2, 0.25) is 19.6 Å². The molecule has 0 bridgehead atoms. The van der Waals surface area contributed by atoms with Crippen LogP contribution in [0.15, 0.2) is 17.4 Å². The molecule has 1 aromatic rings. The van der Waals surface area contributed by atoms with Crippen molar-refractivity contribution in [3.8, 4) is 6.07 Å². The molecular formula is C11H17N3OSi. The van der Waals surface area contributed by atoms with Crippen molar-refractivity contribution in [2.75, 3.05) is 0 Å². The summed E-state index contributed by atoms with van der Waals surface area (Å²) < 4.78 is 7.24. The Labute approximate surface area is 97.3 Å². The molecule has 0 saturated heterocycles. The van der Waals surface area contributed by atoms with E-state index in [0.29, 0.717) is 5.69 Å². The summed E-state index contributed by atoms with van der Waals surface area (Å²) in [5, 5.41) is 13.1. The summed E-state index contributed by atoms with van der Waals surface area (Å²) >= 11 is 0. The first-order valence-corrected chi connectivity index (χ1v) is 8.54. The number of aromatic nitrogens is 1. The molecule has 1 aromatic heterocycles. The van der Waals surface area contributed by atoms with Crippen LogP contribution in [0.25, 0.3) is 0 Å². The Morgan fingerprint density at radius 2 is 2.12 bits per heavy atom. The van der Waals surface area contributed by atoms with E-state index in [0.717, 1.165) is 11.3 Å². The van der Waals surface area contributed by atoms with E-state index in [1.165, 1.54) is 0 Å². The van der Waals surface area contributed by atoms with Crippen molar-refractivity contribution in [3.05, 3.63) is 23.5 Å². The Morgan fingerprint density at radius 3 is 2.62 bits per heavy atom. The minimum Gasteiger partial charge on any atom is -0.455 e. The molecule has 0 atom stereocenters. The summed E-state index contributed by atoms with van der Waals surface area (Å²) in [6, 6.07) is 4.04. The van der Waals surface area contributed by atoms with Gasteiger partial charge in [0, 0.05) is 18.8 Å². The maximum absolute atomic E-state index is 9.01. The van der Waals surface area contributed by atoms with Crippen LogP contribution in [0.3, 0.4) is 0 Å². The Balaban J connectivity index is 2.97. The number of aryl methyl sites for hydroxylation is 1. The predicted molar refractivity (Wildman–Crippen MR) is 66.8 cm³/mol. The lowest BCUT2D eigenvalue weighted by atomic mass is 10.2. The van der Waals surface area contributed by atoms with Crippen LogP contribution < -0.4 is 0 Å². The van der Waals surface area contributed by atoms with E-state index in [9.17, 15) is 0 Å². The molecule has 5 heteroatoms. The summed E-state index contributed by atoms with van der Waals surface area (Å²) in [5.74, 6) is 0. The molecular weight excluding hydrogens is 218 g/mol. The quantitative estimate of drug-likeness (QED) is 0.459. The van der Waals surface area contributed by atoms with Gasteiger partial charge in [0.2, 0.25) is 0 Å². The van der Waals surface area contributed by atoms with Crippen LogP contribution in [-0.2, 0) is 11.6 Å². The van der Waals surface area contributed by atoms with E-state index in [1.807, 2.05) is 26.2 Å². The molecule has 0 aromatic carbocycles. The third-order valence-electron chi connectivity index (χ3n) is 2.02. The van der Waals surface area contributed by atoms with Crippen molar-refractivity contribution in [2.45, 2.75) is 26.6 Å². The van der Waals surface area contributed by atoms with Gasteiger partial charge in [-0.3, -0.25) is 0 Å². The van der Waals surface area contributed by atoms with Gasteiger partial charge in [-0.2, -0.15) is 5.26 Å². The second kappa shape index (κ2) is 4.54. The number of hydrogen-bond donors (Lipinski definition) is 0. The fourth-order valence-corrected chi connectivity index (χ4v) is 1.63. The maximum Gasteiger partial charge on any atom is 0.278 e. The average Bonchev–Trinajstić information content (AvgIpc) is 2.54. The monoisotopic (exact) mass is 235 g/mol. The molecule has 0 fully saturated rings. The second-order valence-electron chi connectivity index (χ2n) is 4.68. The molecule has 0 amide bonds. The van der Waals surface area contributed by atoms with Gasteiger partial charge in [0.1, 0.15) is 11.8 Å². The highest BCUT2D eigenvalue weighted by molar-refractivity contribution is 6.69. The number of oxime groups is 1.